The summed E-state index contributed by atoms with van der Waals surface area (Å²) in [7, 11) is 2.18. The van der Waals surface area contributed by atoms with Crippen LogP contribution in [-0.4, -0.2) is 35.1 Å². The molecule has 0 bridgehead atoms. The SMILES string of the molecule is Br.C[C@H]1C[C@@H](c2coc3c(O)cccc23)CCN1C.O. The van der Waals surface area contributed by atoms with E-state index in [1.54, 1.807) is 6.07 Å². The smallest absolute Gasteiger partial charge is 0.175 e. The summed E-state index contributed by atoms with van der Waals surface area (Å²) in [5.74, 6) is 0.777. The fourth-order valence-corrected chi connectivity index (χ4v) is 2.95. The lowest BCUT2D eigenvalue weighted by Crippen LogP contribution is -2.36. The standard InChI is InChI=1S/C15H19NO2.BrH.H2O/c1-10-8-11(6-7-16(10)2)13-9-18-15-12(13)4-3-5-14(15)17;;/h3-5,9-11,17H,6-8H2,1-2H3;1H;1H2/t10-,11-;;/m0../s1. The third-order valence-electron chi connectivity index (χ3n) is 4.26. The van der Waals surface area contributed by atoms with E-state index in [9.17, 15) is 5.11 Å². The third kappa shape index (κ3) is 2.85. The van der Waals surface area contributed by atoms with Gasteiger partial charge in [0, 0.05) is 17.0 Å². The Morgan fingerprint density at radius 1 is 1.35 bits per heavy atom. The van der Waals surface area contributed by atoms with Crippen LogP contribution < -0.4 is 0 Å². The van der Waals surface area contributed by atoms with Crippen LogP contribution in [0.25, 0.3) is 11.0 Å². The molecule has 0 aliphatic carbocycles. The number of nitrogens with zero attached hydrogens (tertiary/aromatic N) is 1. The molecule has 1 aromatic carbocycles. The van der Waals surface area contributed by atoms with Gasteiger partial charge in [-0.1, -0.05) is 12.1 Å². The second-order valence-electron chi connectivity index (χ2n) is 5.40. The number of halogens is 1. The predicted molar refractivity (Wildman–Crippen MR) is 85.9 cm³/mol. The zero-order chi connectivity index (χ0) is 12.7. The van der Waals surface area contributed by atoms with Crippen molar-refractivity contribution in [3.8, 4) is 5.75 Å². The quantitative estimate of drug-likeness (QED) is 0.864. The van der Waals surface area contributed by atoms with E-state index >= 15 is 0 Å². The van der Waals surface area contributed by atoms with Crippen LogP contribution in [0.5, 0.6) is 5.75 Å². The van der Waals surface area contributed by atoms with Crippen molar-refractivity contribution in [2.45, 2.75) is 31.7 Å². The zero-order valence-corrected chi connectivity index (χ0v) is 13.5. The molecule has 1 aromatic heterocycles. The number of fused-ring (bicyclic) bond motifs is 1. The Kier molecular flexibility index (Phi) is 5.62. The van der Waals surface area contributed by atoms with Gasteiger partial charge < -0.3 is 19.9 Å². The number of para-hydroxylation sites is 1. The van der Waals surface area contributed by atoms with Crippen LogP contribution in [0, 0.1) is 0 Å². The lowest BCUT2D eigenvalue weighted by atomic mass is 9.86. The third-order valence-corrected chi connectivity index (χ3v) is 4.26. The summed E-state index contributed by atoms with van der Waals surface area (Å²) in [5, 5.41) is 10.8. The van der Waals surface area contributed by atoms with E-state index in [0.29, 0.717) is 17.5 Å². The fourth-order valence-electron chi connectivity index (χ4n) is 2.95. The molecule has 0 amide bonds. The van der Waals surface area contributed by atoms with Crippen molar-refractivity contribution in [1.29, 1.82) is 0 Å². The number of phenols is 1. The largest absolute Gasteiger partial charge is 0.504 e. The van der Waals surface area contributed by atoms with Gasteiger partial charge in [0.25, 0.3) is 0 Å². The highest BCUT2D eigenvalue weighted by Gasteiger charge is 2.26. The molecule has 4 nitrogen and oxygen atoms in total. The topological polar surface area (TPSA) is 68.1 Å². The Morgan fingerprint density at radius 3 is 2.80 bits per heavy atom. The molecule has 112 valence electrons. The van der Waals surface area contributed by atoms with Gasteiger partial charge in [-0.15, -0.1) is 17.0 Å². The van der Waals surface area contributed by atoms with Crippen molar-refractivity contribution in [2.75, 3.05) is 13.6 Å². The molecule has 2 heterocycles. The van der Waals surface area contributed by atoms with Gasteiger partial charge in [0.05, 0.1) is 6.26 Å². The summed E-state index contributed by atoms with van der Waals surface area (Å²) in [6.07, 6.45) is 4.14. The van der Waals surface area contributed by atoms with Gasteiger partial charge >= 0.3 is 0 Å². The Morgan fingerprint density at radius 2 is 2.10 bits per heavy atom. The van der Waals surface area contributed by atoms with E-state index in [0.717, 1.165) is 24.8 Å². The Labute approximate surface area is 129 Å². The molecule has 5 heteroatoms. The number of hydrogen-bond acceptors (Lipinski definition) is 3. The van der Waals surface area contributed by atoms with E-state index in [4.69, 9.17) is 4.42 Å². The van der Waals surface area contributed by atoms with Crippen LogP contribution in [0.15, 0.2) is 28.9 Å². The van der Waals surface area contributed by atoms with Crippen LogP contribution in [0.2, 0.25) is 0 Å². The maximum atomic E-state index is 9.77. The normalized spacial score (nSPS) is 23.1. The van der Waals surface area contributed by atoms with Crippen molar-refractivity contribution in [3.05, 3.63) is 30.0 Å². The molecule has 3 rings (SSSR count). The van der Waals surface area contributed by atoms with Gasteiger partial charge in [-0.25, -0.2) is 0 Å². The Bertz CT molecular complexity index is 569. The average molecular weight is 344 g/mol. The zero-order valence-electron chi connectivity index (χ0n) is 11.8. The van der Waals surface area contributed by atoms with E-state index in [1.807, 2.05) is 18.4 Å². The van der Waals surface area contributed by atoms with Gasteiger partial charge in [0.1, 0.15) is 0 Å². The molecule has 2 aromatic rings. The van der Waals surface area contributed by atoms with E-state index < -0.39 is 0 Å². The Balaban J connectivity index is 0.000001000. The summed E-state index contributed by atoms with van der Waals surface area (Å²) in [6, 6.07) is 6.20. The van der Waals surface area contributed by atoms with Crippen LogP contribution in [-0.2, 0) is 0 Å². The minimum atomic E-state index is 0. The molecule has 2 atom stereocenters. The van der Waals surface area contributed by atoms with Crippen LogP contribution in [0.1, 0.15) is 31.2 Å². The maximum Gasteiger partial charge on any atom is 0.175 e. The number of aromatic hydroxyl groups is 1. The molecule has 0 unspecified atom stereocenters. The molecule has 1 aliphatic heterocycles. The molecule has 1 saturated heterocycles. The van der Waals surface area contributed by atoms with Gasteiger partial charge in [-0.05, 0) is 45.3 Å². The summed E-state index contributed by atoms with van der Waals surface area (Å²) >= 11 is 0. The number of benzene rings is 1. The van der Waals surface area contributed by atoms with Crippen molar-refractivity contribution in [3.63, 3.8) is 0 Å². The molecule has 20 heavy (non-hydrogen) atoms. The molecule has 0 spiro atoms. The fraction of sp³-hybridized carbons (Fsp3) is 0.467. The predicted octanol–water partition coefficient (Wildman–Crippen LogP) is 3.09. The van der Waals surface area contributed by atoms with Crippen molar-refractivity contribution < 1.29 is 15.0 Å². The molecule has 0 radical (unpaired) electrons. The monoisotopic (exact) mass is 343 g/mol. The maximum absolute atomic E-state index is 9.77. The van der Waals surface area contributed by atoms with Crippen molar-refractivity contribution in [1.82, 2.24) is 4.90 Å². The van der Waals surface area contributed by atoms with Crippen LogP contribution in [0.3, 0.4) is 0 Å². The minimum absolute atomic E-state index is 0. The molecular weight excluding hydrogens is 322 g/mol. The number of furan rings is 1. The second-order valence-corrected chi connectivity index (χ2v) is 5.40. The number of phenolic OH excluding ortho intramolecular Hbond substituents is 1. The first kappa shape index (κ1) is 17.0. The van der Waals surface area contributed by atoms with E-state index in [1.165, 1.54) is 5.56 Å². The number of likely N-dealkylation sites (tertiary alicyclic amines) is 1. The Hall–Kier alpha value is -1.04. The molecule has 3 N–H and O–H groups in total. The van der Waals surface area contributed by atoms with Gasteiger partial charge in [-0.2, -0.15) is 0 Å². The van der Waals surface area contributed by atoms with E-state index in [-0.39, 0.29) is 28.2 Å². The molecule has 1 fully saturated rings. The van der Waals surface area contributed by atoms with E-state index in [2.05, 4.69) is 18.9 Å². The lowest BCUT2D eigenvalue weighted by Gasteiger charge is -2.34. The highest BCUT2D eigenvalue weighted by molar-refractivity contribution is 8.93. The highest BCUT2D eigenvalue weighted by Crippen LogP contribution is 2.38. The number of rotatable bonds is 1. The summed E-state index contributed by atoms with van der Waals surface area (Å²) in [4.78, 5) is 2.40. The first-order valence-corrected chi connectivity index (χ1v) is 6.56. The van der Waals surface area contributed by atoms with Gasteiger partial charge in [-0.3, -0.25) is 0 Å². The first-order chi connectivity index (χ1) is 8.66. The molecule has 0 saturated carbocycles. The average Bonchev–Trinajstić information content (AvgIpc) is 2.78. The molecule has 1 aliphatic rings. The summed E-state index contributed by atoms with van der Waals surface area (Å²) < 4.78 is 5.53. The van der Waals surface area contributed by atoms with Gasteiger partial charge in [0.2, 0.25) is 0 Å². The lowest BCUT2D eigenvalue weighted by molar-refractivity contribution is 0.183. The van der Waals surface area contributed by atoms with Crippen LogP contribution in [0.4, 0.5) is 0 Å². The highest BCUT2D eigenvalue weighted by atomic mass is 79.9. The number of piperidine rings is 1. The summed E-state index contributed by atoms with van der Waals surface area (Å²) in [6.45, 7) is 3.39. The van der Waals surface area contributed by atoms with Crippen molar-refractivity contribution in [2.24, 2.45) is 0 Å². The van der Waals surface area contributed by atoms with Crippen molar-refractivity contribution >= 4 is 28.0 Å². The van der Waals surface area contributed by atoms with Gasteiger partial charge in [0.15, 0.2) is 11.3 Å². The number of hydrogen-bond donors (Lipinski definition) is 1. The minimum Gasteiger partial charge on any atom is -0.504 e. The summed E-state index contributed by atoms with van der Waals surface area (Å²) in [5.41, 5.74) is 1.87. The van der Waals surface area contributed by atoms with Crippen LogP contribution >= 0.6 is 17.0 Å². The first-order valence-electron chi connectivity index (χ1n) is 6.56. The second kappa shape index (κ2) is 6.61. The molecular formula is C15H22BrNO3.